The van der Waals surface area contributed by atoms with E-state index in [0.717, 1.165) is 37.2 Å². The van der Waals surface area contributed by atoms with Gasteiger partial charge in [0, 0.05) is 19.0 Å². The highest BCUT2D eigenvalue weighted by atomic mass is 16.4. The Bertz CT molecular complexity index is 952. The molecule has 1 aromatic heterocycles. The molecule has 27 heavy (non-hydrogen) atoms. The molecule has 1 atom stereocenters. The maximum atomic E-state index is 11.8. The number of aryl methyl sites for hydroxylation is 1. The van der Waals surface area contributed by atoms with Crippen LogP contribution in [0.4, 0.5) is 5.82 Å². The molecule has 3 aromatic rings. The van der Waals surface area contributed by atoms with Crippen LogP contribution in [0.15, 0.2) is 54.6 Å². The highest BCUT2D eigenvalue weighted by Gasteiger charge is 2.30. The molecule has 6 nitrogen and oxygen atoms in total. The molecule has 0 spiro atoms. The molecule has 0 radical (unpaired) electrons. The Balaban J connectivity index is 1.67. The standard InChI is InChI=1S/C21H22N4O2/c1-2-15-8-6-7-11-18(15)25-22-19(21(26)27)20(23-25)24-13-12-17(14-24)16-9-4-3-5-10-16/h3-11,17H,2,12-14H2,1H3,(H,26,27). The van der Waals surface area contributed by atoms with E-state index in [1.165, 1.54) is 10.4 Å². The van der Waals surface area contributed by atoms with Crippen molar-refractivity contribution in [1.29, 1.82) is 0 Å². The second-order valence-corrected chi connectivity index (χ2v) is 6.79. The van der Waals surface area contributed by atoms with Gasteiger partial charge in [0.25, 0.3) is 0 Å². The van der Waals surface area contributed by atoms with Crippen LogP contribution in [0.2, 0.25) is 0 Å². The van der Waals surface area contributed by atoms with E-state index in [1.54, 1.807) is 0 Å². The van der Waals surface area contributed by atoms with E-state index >= 15 is 0 Å². The van der Waals surface area contributed by atoms with Gasteiger partial charge in [0.1, 0.15) is 0 Å². The molecule has 0 saturated carbocycles. The minimum Gasteiger partial charge on any atom is -0.476 e. The first-order valence-corrected chi connectivity index (χ1v) is 9.26. The minimum absolute atomic E-state index is 0.00891. The second kappa shape index (κ2) is 7.23. The average Bonchev–Trinajstić information content (AvgIpc) is 3.36. The van der Waals surface area contributed by atoms with Crippen LogP contribution in [0.5, 0.6) is 0 Å². The number of carboxylic acids is 1. The van der Waals surface area contributed by atoms with Gasteiger partial charge < -0.3 is 10.0 Å². The number of para-hydroxylation sites is 1. The molecule has 1 aliphatic rings. The molecule has 1 unspecified atom stereocenters. The summed E-state index contributed by atoms with van der Waals surface area (Å²) in [7, 11) is 0. The summed E-state index contributed by atoms with van der Waals surface area (Å²) < 4.78 is 0. The molecule has 2 aromatic carbocycles. The van der Waals surface area contributed by atoms with Crippen LogP contribution in [-0.2, 0) is 6.42 Å². The van der Waals surface area contributed by atoms with Gasteiger partial charge in [0.2, 0.25) is 5.69 Å². The van der Waals surface area contributed by atoms with Crippen molar-refractivity contribution in [3.8, 4) is 5.69 Å². The molecule has 0 aliphatic carbocycles. The van der Waals surface area contributed by atoms with Crippen LogP contribution < -0.4 is 4.90 Å². The summed E-state index contributed by atoms with van der Waals surface area (Å²) in [5, 5.41) is 18.5. The van der Waals surface area contributed by atoms with Crippen molar-refractivity contribution in [2.45, 2.75) is 25.7 Å². The normalized spacial score (nSPS) is 16.6. The van der Waals surface area contributed by atoms with Crippen LogP contribution in [-0.4, -0.2) is 39.2 Å². The smallest absolute Gasteiger partial charge is 0.360 e. The van der Waals surface area contributed by atoms with Gasteiger partial charge in [-0.05, 0) is 30.0 Å². The quantitative estimate of drug-likeness (QED) is 0.752. The summed E-state index contributed by atoms with van der Waals surface area (Å²) in [6, 6.07) is 18.2. The van der Waals surface area contributed by atoms with E-state index in [1.807, 2.05) is 47.4 Å². The molecule has 138 valence electrons. The molecule has 1 aliphatic heterocycles. The Morgan fingerprint density at radius 1 is 1.11 bits per heavy atom. The zero-order chi connectivity index (χ0) is 18.8. The van der Waals surface area contributed by atoms with Crippen molar-refractivity contribution in [3.05, 3.63) is 71.4 Å². The van der Waals surface area contributed by atoms with E-state index < -0.39 is 5.97 Å². The molecular formula is C21H22N4O2. The fourth-order valence-corrected chi connectivity index (χ4v) is 3.71. The highest BCUT2D eigenvalue weighted by Crippen LogP contribution is 2.31. The number of carbonyl (C=O) groups is 1. The molecular weight excluding hydrogens is 340 g/mol. The molecule has 6 heteroatoms. The number of benzene rings is 2. The molecule has 4 rings (SSSR count). The predicted molar refractivity (Wildman–Crippen MR) is 104 cm³/mol. The average molecular weight is 362 g/mol. The lowest BCUT2D eigenvalue weighted by molar-refractivity contribution is 0.0690. The third kappa shape index (κ3) is 3.30. The van der Waals surface area contributed by atoms with Gasteiger partial charge in [-0.25, -0.2) is 4.79 Å². The van der Waals surface area contributed by atoms with Crippen molar-refractivity contribution in [2.24, 2.45) is 0 Å². The van der Waals surface area contributed by atoms with E-state index in [-0.39, 0.29) is 5.69 Å². The molecule has 1 N–H and O–H groups in total. The zero-order valence-electron chi connectivity index (χ0n) is 15.2. The Labute approximate surface area is 158 Å². The fourth-order valence-electron chi connectivity index (χ4n) is 3.71. The largest absolute Gasteiger partial charge is 0.476 e. The maximum absolute atomic E-state index is 11.8. The van der Waals surface area contributed by atoms with Crippen LogP contribution in [0.3, 0.4) is 0 Å². The summed E-state index contributed by atoms with van der Waals surface area (Å²) >= 11 is 0. The lowest BCUT2D eigenvalue weighted by Gasteiger charge is -2.16. The molecule has 1 fully saturated rings. The van der Waals surface area contributed by atoms with Crippen LogP contribution >= 0.6 is 0 Å². The maximum Gasteiger partial charge on any atom is 0.360 e. The first kappa shape index (κ1) is 17.3. The van der Waals surface area contributed by atoms with Gasteiger partial charge in [-0.3, -0.25) is 0 Å². The van der Waals surface area contributed by atoms with Crippen molar-refractivity contribution < 1.29 is 9.90 Å². The predicted octanol–water partition coefficient (Wildman–Crippen LogP) is 3.52. The van der Waals surface area contributed by atoms with Crippen molar-refractivity contribution in [1.82, 2.24) is 15.0 Å². The van der Waals surface area contributed by atoms with Crippen LogP contribution in [0.25, 0.3) is 5.69 Å². The van der Waals surface area contributed by atoms with E-state index in [9.17, 15) is 9.90 Å². The topological polar surface area (TPSA) is 71.2 Å². The number of hydrogen-bond donors (Lipinski definition) is 1. The number of nitrogens with zero attached hydrogens (tertiary/aromatic N) is 4. The van der Waals surface area contributed by atoms with Crippen molar-refractivity contribution in [3.63, 3.8) is 0 Å². The number of aromatic carboxylic acids is 1. The summed E-state index contributed by atoms with van der Waals surface area (Å²) in [6.07, 6.45) is 1.80. The number of anilines is 1. The van der Waals surface area contributed by atoms with E-state index in [0.29, 0.717) is 11.7 Å². The number of hydrogen-bond acceptors (Lipinski definition) is 4. The highest BCUT2D eigenvalue weighted by molar-refractivity contribution is 5.91. The van der Waals surface area contributed by atoms with Gasteiger partial charge in [-0.1, -0.05) is 55.5 Å². The SMILES string of the molecule is CCc1ccccc1-n1nc(C(=O)O)c(N2CCC(c3ccccc3)C2)n1. The fraction of sp³-hybridized carbons (Fsp3) is 0.286. The minimum atomic E-state index is -1.05. The zero-order valence-corrected chi connectivity index (χ0v) is 15.2. The van der Waals surface area contributed by atoms with Crippen LogP contribution in [0.1, 0.15) is 40.9 Å². The molecule has 0 amide bonds. The van der Waals surface area contributed by atoms with E-state index in [2.05, 4.69) is 29.3 Å². The summed E-state index contributed by atoms with van der Waals surface area (Å²) in [4.78, 5) is 15.3. The van der Waals surface area contributed by atoms with E-state index in [4.69, 9.17) is 0 Å². The van der Waals surface area contributed by atoms with Gasteiger partial charge in [0.15, 0.2) is 5.82 Å². The Morgan fingerprint density at radius 2 is 1.85 bits per heavy atom. The first-order chi connectivity index (χ1) is 13.2. The third-order valence-electron chi connectivity index (χ3n) is 5.15. The summed E-state index contributed by atoms with van der Waals surface area (Å²) in [6.45, 7) is 3.58. The molecule has 0 bridgehead atoms. The third-order valence-corrected chi connectivity index (χ3v) is 5.15. The molecule has 2 heterocycles. The van der Waals surface area contributed by atoms with Gasteiger partial charge in [-0.15, -0.1) is 15.0 Å². The van der Waals surface area contributed by atoms with Gasteiger partial charge in [0.05, 0.1) is 5.69 Å². The number of aromatic nitrogens is 3. The van der Waals surface area contributed by atoms with Gasteiger partial charge >= 0.3 is 5.97 Å². The summed E-state index contributed by atoms with van der Waals surface area (Å²) in [5.41, 5.74) is 3.20. The second-order valence-electron chi connectivity index (χ2n) is 6.79. The van der Waals surface area contributed by atoms with Crippen LogP contribution in [0, 0.1) is 0 Å². The van der Waals surface area contributed by atoms with Gasteiger partial charge in [-0.2, -0.15) is 0 Å². The Hall–Kier alpha value is -3.15. The van der Waals surface area contributed by atoms with Crippen molar-refractivity contribution >= 4 is 11.8 Å². The molecule has 1 saturated heterocycles. The number of rotatable bonds is 5. The monoisotopic (exact) mass is 362 g/mol. The lowest BCUT2D eigenvalue weighted by atomic mass is 9.99. The van der Waals surface area contributed by atoms with Crippen molar-refractivity contribution in [2.75, 3.05) is 18.0 Å². The Morgan fingerprint density at radius 3 is 2.59 bits per heavy atom. The Kier molecular flexibility index (Phi) is 4.62. The lowest BCUT2D eigenvalue weighted by Crippen LogP contribution is -2.22. The summed E-state index contributed by atoms with van der Waals surface area (Å²) in [5.74, 6) is -0.221. The first-order valence-electron chi connectivity index (χ1n) is 9.26. The number of carboxylic acid groups (broad SMARTS) is 1.